The first kappa shape index (κ1) is 22.0. The summed E-state index contributed by atoms with van der Waals surface area (Å²) in [5.41, 5.74) is 0.595. The van der Waals surface area contributed by atoms with Gasteiger partial charge in [-0.3, -0.25) is 9.59 Å². The molecular weight excluding hydrogens is 332 g/mol. The number of ether oxygens (including phenoxy) is 2. The molecule has 0 fully saturated rings. The van der Waals surface area contributed by atoms with Crippen LogP contribution in [0.3, 0.4) is 0 Å². The van der Waals surface area contributed by atoms with Gasteiger partial charge < -0.3 is 19.3 Å². The molecule has 0 aliphatic heterocycles. The van der Waals surface area contributed by atoms with Crippen molar-refractivity contribution in [2.24, 2.45) is 0 Å². The van der Waals surface area contributed by atoms with Crippen LogP contribution in [0.1, 0.15) is 44.0 Å². The highest BCUT2D eigenvalue weighted by molar-refractivity contribution is 5.94. The molecule has 0 atom stereocenters. The number of carbonyl (C=O) groups is 2. The Morgan fingerprint density at radius 1 is 0.962 bits per heavy atom. The van der Waals surface area contributed by atoms with Crippen LogP contribution in [0.15, 0.2) is 24.3 Å². The average Bonchev–Trinajstić information content (AvgIpc) is 2.67. The van der Waals surface area contributed by atoms with E-state index in [-0.39, 0.29) is 18.3 Å². The van der Waals surface area contributed by atoms with E-state index in [4.69, 9.17) is 9.47 Å². The molecule has 0 aliphatic rings. The molecule has 1 aromatic carbocycles. The van der Waals surface area contributed by atoms with E-state index in [0.29, 0.717) is 31.0 Å². The fourth-order valence-corrected chi connectivity index (χ4v) is 2.72. The lowest BCUT2D eigenvalue weighted by Gasteiger charge is -2.25. The van der Waals surface area contributed by atoms with Gasteiger partial charge in [0.1, 0.15) is 5.75 Å². The van der Waals surface area contributed by atoms with Crippen molar-refractivity contribution in [1.82, 2.24) is 9.80 Å². The predicted molar refractivity (Wildman–Crippen MR) is 103 cm³/mol. The SMILES string of the molecule is CCOC(=O)CCN(CCCN(CC)CC)C(=O)c1ccc(OC)cc1. The third-order valence-corrected chi connectivity index (χ3v) is 4.31. The van der Waals surface area contributed by atoms with Crippen LogP contribution in [0.2, 0.25) is 0 Å². The minimum Gasteiger partial charge on any atom is -0.497 e. The molecule has 0 saturated carbocycles. The summed E-state index contributed by atoms with van der Waals surface area (Å²) < 4.78 is 10.1. The molecular formula is C20H32N2O4. The molecule has 0 unspecified atom stereocenters. The van der Waals surface area contributed by atoms with E-state index >= 15 is 0 Å². The normalized spacial score (nSPS) is 10.7. The van der Waals surface area contributed by atoms with E-state index in [0.717, 1.165) is 26.1 Å². The van der Waals surface area contributed by atoms with Crippen LogP contribution in [-0.4, -0.2) is 68.1 Å². The van der Waals surface area contributed by atoms with Crippen LogP contribution in [0.25, 0.3) is 0 Å². The summed E-state index contributed by atoms with van der Waals surface area (Å²) in [6.45, 7) is 10.3. The van der Waals surface area contributed by atoms with Crippen molar-refractivity contribution >= 4 is 11.9 Å². The van der Waals surface area contributed by atoms with Crippen molar-refractivity contribution < 1.29 is 19.1 Å². The Morgan fingerprint density at radius 3 is 2.15 bits per heavy atom. The Bertz CT molecular complexity index is 541. The van der Waals surface area contributed by atoms with Gasteiger partial charge in [-0.1, -0.05) is 13.8 Å². The zero-order valence-electron chi connectivity index (χ0n) is 16.5. The third kappa shape index (κ3) is 7.44. The number of rotatable bonds is 12. The molecule has 146 valence electrons. The van der Waals surface area contributed by atoms with Gasteiger partial charge in [-0.15, -0.1) is 0 Å². The van der Waals surface area contributed by atoms with Crippen molar-refractivity contribution in [2.45, 2.75) is 33.6 Å². The molecule has 1 rings (SSSR count). The Labute approximate surface area is 157 Å². The lowest BCUT2D eigenvalue weighted by atomic mass is 10.1. The molecule has 0 saturated heterocycles. The Kier molecular flexibility index (Phi) is 10.4. The fourth-order valence-electron chi connectivity index (χ4n) is 2.72. The van der Waals surface area contributed by atoms with Crippen LogP contribution in [0, 0.1) is 0 Å². The van der Waals surface area contributed by atoms with Gasteiger partial charge in [-0.05, 0) is 57.2 Å². The number of amides is 1. The van der Waals surface area contributed by atoms with Crippen molar-refractivity contribution in [3.8, 4) is 5.75 Å². The summed E-state index contributed by atoms with van der Waals surface area (Å²) >= 11 is 0. The van der Waals surface area contributed by atoms with Gasteiger partial charge in [0.2, 0.25) is 0 Å². The van der Waals surface area contributed by atoms with Gasteiger partial charge in [0, 0.05) is 18.7 Å². The van der Waals surface area contributed by atoms with Gasteiger partial charge in [0.05, 0.1) is 20.1 Å². The summed E-state index contributed by atoms with van der Waals surface area (Å²) in [6, 6.07) is 7.05. The second kappa shape index (κ2) is 12.3. The van der Waals surface area contributed by atoms with E-state index in [1.165, 1.54) is 0 Å². The zero-order valence-corrected chi connectivity index (χ0v) is 16.5. The second-order valence-corrected chi connectivity index (χ2v) is 5.96. The molecule has 0 bridgehead atoms. The second-order valence-electron chi connectivity index (χ2n) is 5.96. The van der Waals surface area contributed by atoms with Gasteiger partial charge in [0.15, 0.2) is 0 Å². The number of benzene rings is 1. The number of hydrogen-bond donors (Lipinski definition) is 0. The van der Waals surface area contributed by atoms with Crippen LogP contribution < -0.4 is 4.74 Å². The quantitative estimate of drug-likeness (QED) is 0.534. The molecule has 6 heteroatoms. The molecule has 6 nitrogen and oxygen atoms in total. The highest BCUT2D eigenvalue weighted by Crippen LogP contribution is 2.14. The van der Waals surface area contributed by atoms with Crippen LogP contribution in [-0.2, 0) is 9.53 Å². The average molecular weight is 364 g/mol. The Hall–Kier alpha value is -2.08. The molecule has 0 heterocycles. The first-order valence-corrected chi connectivity index (χ1v) is 9.36. The first-order chi connectivity index (χ1) is 12.5. The molecule has 26 heavy (non-hydrogen) atoms. The summed E-state index contributed by atoms with van der Waals surface area (Å²) in [5.74, 6) is 0.362. The maximum Gasteiger partial charge on any atom is 0.307 e. The number of methoxy groups -OCH3 is 1. The monoisotopic (exact) mass is 364 g/mol. The van der Waals surface area contributed by atoms with Gasteiger partial charge in [-0.2, -0.15) is 0 Å². The topological polar surface area (TPSA) is 59.1 Å². The van der Waals surface area contributed by atoms with E-state index < -0.39 is 0 Å². The Morgan fingerprint density at radius 2 is 1.62 bits per heavy atom. The number of hydrogen-bond acceptors (Lipinski definition) is 5. The van der Waals surface area contributed by atoms with E-state index in [1.54, 1.807) is 43.2 Å². The summed E-state index contributed by atoms with van der Waals surface area (Å²) in [7, 11) is 1.59. The maximum atomic E-state index is 12.8. The molecule has 0 N–H and O–H groups in total. The van der Waals surface area contributed by atoms with E-state index in [1.807, 2.05) is 0 Å². The molecule has 0 aromatic heterocycles. The molecule has 0 aliphatic carbocycles. The summed E-state index contributed by atoms with van der Waals surface area (Å²) in [6.07, 6.45) is 1.08. The maximum absolute atomic E-state index is 12.8. The lowest BCUT2D eigenvalue weighted by molar-refractivity contribution is -0.143. The summed E-state index contributed by atoms with van der Waals surface area (Å²) in [4.78, 5) is 28.6. The Balaban J connectivity index is 2.73. The lowest BCUT2D eigenvalue weighted by Crippen LogP contribution is -2.36. The van der Waals surface area contributed by atoms with Crippen molar-refractivity contribution in [3.63, 3.8) is 0 Å². The summed E-state index contributed by atoms with van der Waals surface area (Å²) in [5, 5.41) is 0. The van der Waals surface area contributed by atoms with Crippen molar-refractivity contribution in [2.75, 3.05) is 46.4 Å². The fraction of sp³-hybridized carbons (Fsp3) is 0.600. The number of esters is 1. The standard InChI is InChI=1S/C20H32N2O4/c1-5-21(6-2)14-8-15-22(16-13-19(23)26-7-3)20(24)17-9-11-18(25-4)12-10-17/h9-12H,5-8,13-16H2,1-4H3. The van der Waals surface area contributed by atoms with E-state index in [2.05, 4.69) is 18.7 Å². The zero-order chi connectivity index (χ0) is 19.4. The van der Waals surface area contributed by atoms with Gasteiger partial charge >= 0.3 is 5.97 Å². The van der Waals surface area contributed by atoms with Gasteiger partial charge in [0.25, 0.3) is 5.91 Å². The van der Waals surface area contributed by atoms with E-state index in [9.17, 15) is 9.59 Å². The molecule has 0 radical (unpaired) electrons. The van der Waals surface area contributed by atoms with Crippen molar-refractivity contribution in [1.29, 1.82) is 0 Å². The smallest absolute Gasteiger partial charge is 0.307 e. The number of carbonyl (C=O) groups excluding carboxylic acids is 2. The van der Waals surface area contributed by atoms with Crippen LogP contribution >= 0.6 is 0 Å². The number of nitrogens with zero attached hydrogens (tertiary/aromatic N) is 2. The highest BCUT2D eigenvalue weighted by Gasteiger charge is 2.17. The van der Waals surface area contributed by atoms with Crippen LogP contribution in [0.4, 0.5) is 0 Å². The first-order valence-electron chi connectivity index (χ1n) is 9.36. The largest absolute Gasteiger partial charge is 0.497 e. The van der Waals surface area contributed by atoms with Crippen LogP contribution in [0.5, 0.6) is 5.75 Å². The van der Waals surface area contributed by atoms with Crippen molar-refractivity contribution in [3.05, 3.63) is 29.8 Å². The molecule has 0 spiro atoms. The third-order valence-electron chi connectivity index (χ3n) is 4.31. The minimum absolute atomic E-state index is 0.0727. The highest BCUT2D eigenvalue weighted by atomic mass is 16.5. The predicted octanol–water partition coefficient (Wildman–Crippen LogP) is 2.82. The minimum atomic E-state index is -0.274. The molecule has 1 aromatic rings. The molecule has 1 amide bonds. The van der Waals surface area contributed by atoms with Gasteiger partial charge in [-0.25, -0.2) is 0 Å².